The van der Waals surface area contributed by atoms with Gasteiger partial charge < -0.3 is 0 Å². The highest BCUT2D eigenvalue weighted by Gasteiger charge is 2.09. The summed E-state index contributed by atoms with van der Waals surface area (Å²) in [4.78, 5) is 10.0. The molecule has 2 nitrogen and oxygen atoms in total. The first-order chi connectivity index (χ1) is 14.6. The van der Waals surface area contributed by atoms with Gasteiger partial charge in [-0.25, -0.2) is 9.97 Å². The predicted molar refractivity (Wildman–Crippen MR) is 130 cm³/mol. The zero-order valence-electron chi connectivity index (χ0n) is 18.3. The quantitative estimate of drug-likeness (QED) is 0.299. The molecular weight excluding hydrogens is 364 g/mol. The van der Waals surface area contributed by atoms with Crippen molar-refractivity contribution in [3.63, 3.8) is 0 Å². The third kappa shape index (κ3) is 3.02. The summed E-state index contributed by atoms with van der Waals surface area (Å²) in [5.41, 5.74) is 9.63. The van der Waals surface area contributed by atoms with E-state index >= 15 is 0 Å². The number of fused-ring (bicyclic) bond motifs is 4. The molecule has 0 spiro atoms. The summed E-state index contributed by atoms with van der Waals surface area (Å²) in [6.07, 6.45) is 4.25. The first-order valence-electron chi connectivity index (χ1n) is 11.3. The number of hydrogen-bond donors (Lipinski definition) is 0. The summed E-state index contributed by atoms with van der Waals surface area (Å²) >= 11 is 0. The fourth-order valence-corrected chi connectivity index (χ4v) is 4.77. The molecule has 0 bridgehead atoms. The summed E-state index contributed by atoms with van der Waals surface area (Å²) in [5.74, 6) is 0. The minimum atomic E-state index is 0.974. The summed E-state index contributed by atoms with van der Waals surface area (Å²) in [6, 6.07) is 18.2. The van der Waals surface area contributed by atoms with Crippen LogP contribution in [0.3, 0.4) is 0 Å². The van der Waals surface area contributed by atoms with E-state index in [0.29, 0.717) is 0 Å². The molecule has 30 heavy (non-hydrogen) atoms. The number of rotatable bonds is 4. The monoisotopic (exact) mass is 392 g/mol. The summed E-state index contributed by atoms with van der Waals surface area (Å²) < 4.78 is 0. The molecular formula is C28H28N2. The van der Waals surface area contributed by atoms with E-state index in [4.69, 9.17) is 9.97 Å². The van der Waals surface area contributed by atoms with Crippen molar-refractivity contribution < 1.29 is 0 Å². The maximum Gasteiger partial charge on any atom is 0.0901 e. The molecule has 1 heterocycles. The molecule has 0 fully saturated rings. The van der Waals surface area contributed by atoms with Crippen LogP contribution in [0.4, 0.5) is 0 Å². The third-order valence-electron chi connectivity index (χ3n) is 6.51. The molecule has 0 atom stereocenters. The van der Waals surface area contributed by atoms with E-state index in [1.165, 1.54) is 43.8 Å². The van der Waals surface area contributed by atoms with Crippen molar-refractivity contribution in [2.24, 2.45) is 0 Å². The van der Waals surface area contributed by atoms with E-state index < -0.39 is 0 Å². The Balaban J connectivity index is 1.78. The molecule has 5 aromatic rings. The Morgan fingerprint density at radius 2 is 0.633 bits per heavy atom. The van der Waals surface area contributed by atoms with E-state index in [1.807, 2.05) is 0 Å². The van der Waals surface area contributed by atoms with E-state index in [0.717, 1.165) is 47.8 Å². The summed E-state index contributed by atoms with van der Waals surface area (Å²) in [6.45, 7) is 8.92. The van der Waals surface area contributed by atoms with Gasteiger partial charge in [-0.15, -0.1) is 0 Å². The van der Waals surface area contributed by atoms with Crippen molar-refractivity contribution in [2.75, 3.05) is 0 Å². The lowest BCUT2D eigenvalue weighted by atomic mass is 9.96. The minimum Gasteiger partial charge on any atom is -0.244 e. The molecule has 5 rings (SSSR count). The van der Waals surface area contributed by atoms with Crippen molar-refractivity contribution in [2.45, 2.75) is 53.4 Å². The van der Waals surface area contributed by atoms with E-state index in [1.54, 1.807) is 0 Å². The highest BCUT2D eigenvalue weighted by atomic mass is 14.8. The largest absolute Gasteiger partial charge is 0.244 e. The van der Waals surface area contributed by atoms with Gasteiger partial charge in [-0.3, -0.25) is 0 Å². The molecule has 0 radical (unpaired) electrons. The van der Waals surface area contributed by atoms with Gasteiger partial charge in [-0.1, -0.05) is 52.0 Å². The average Bonchev–Trinajstić information content (AvgIpc) is 2.78. The Bertz CT molecular complexity index is 1210. The smallest absolute Gasteiger partial charge is 0.0901 e. The first kappa shape index (κ1) is 19.0. The van der Waals surface area contributed by atoms with Gasteiger partial charge in [0.2, 0.25) is 0 Å². The van der Waals surface area contributed by atoms with Gasteiger partial charge in [0.1, 0.15) is 0 Å². The lowest BCUT2D eigenvalue weighted by Crippen LogP contribution is -1.94. The Labute approximate surface area is 178 Å². The predicted octanol–water partition coefficient (Wildman–Crippen LogP) is 7.34. The zero-order chi connectivity index (χ0) is 20.8. The van der Waals surface area contributed by atoms with Crippen molar-refractivity contribution in [1.82, 2.24) is 9.97 Å². The van der Waals surface area contributed by atoms with Crippen molar-refractivity contribution in [3.05, 3.63) is 70.8 Å². The van der Waals surface area contributed by atoms with Gasteiger partial charge in [-0.05, 0) is 93.7 Å². The molecule has 4 aromatic carbocycles. The van der Waals surface area contributed by atoms with E-state index in [2.05, 4.69) is 76.2 Å². The van der Waals surface area contributed by atoms with Crippen LogP contribution in [-0.4, -0.2) is 9.97 Å². The zero-order valence-corrected chi connectivity index (χ0v) is 18.3. The van der Waals surface area contributed by atoms with Crippen LogP contribution < -0.4 is 0 Å². The molecule has 2 heteroatoms. The van der Waals surface area contributed by atoms with E-state index in [9.17, 15) is 0 Å². The first-order valence-corrected chi connectivity index (χ1v) is 11.3. The maximum absolute atomic E-state index is 5.01. The topological polar surface area (TPSA) is 25.8 Å². The fraction of sp³-hybridized carbons (Fsp3) is 0.286. The van der Waals surface area contributed by atoms with Gasteiger partial charge >= 0.3 is 0 Å². The molecule has 0 saturated carbocycles. The van der Waals surface area contributed by atoms with Crippen LogP contribution in [0.5, 0.6) is 0 Å². The van der Waals surface area contributed by atoms with Crippen LogP contribution in [0.15, 0.2) is 48.5 Å². The minimum absolute atomic E-state index is 0.974. The number of nitrogens with zero attached hydrogens (tertiary/aromatic N) is 2. The van der Waals surface area contributed by atoms with Gasteiger partial charge in [0.05, 0.1) is 22.1 Å². The van der Waals surface area contributed by atoms with Gasteiger partial charge in [0.15, 0.2) is 0 Å². The molecule has 0 aliphatic carbocycles. The number of benzene rings is 4. The number of aromatic nitrogens is 2. The summed E-state index contributed by atoms with van der Waals surface area (Å²) in [5, 5.41) is 5.03. The summed E-state index contributed by atoms with van der Waals surface area (Å²) in [7, 11) is 0. The molecule has 1 aromatic heterocycles. The second-order valence-corrected chi connectivity index (χ2v) is 8.26. The Morgan fingerprint density at radius 1 is 0.400 bits per heavy atom. The SMILES string of the molecule is CCc1cc2cc3nc4cc5cc(CC)c(CC)cc5cc4nc3cc2cc1CC. The molecule has 0 aliphatic heterocycles. The number of aryl methyl sites for hydroxylation is 4. The molecule has 0 aliphatic rings. The van der Waals surface area contributed by atoms with Gasteiger partial charge in [0, 0.05) is 0 Å². The van der Waals surface area contributed by atoms with Crippen LogP contribution in [0.1, 0.15) is 49.9 Å². The van der Waals surface area contributed by atoms with Gasteiger partial charge in [0.25, 0.3) is 0 Å². The lowest BCUT2D eigenvalue weighted by molar-refractivity contribution is 1.04. The maximum atomic E-state index is 5.01. The van der Waals surface area contributed by atoms with Crippen LogP contribution in [-0.2, 0) is 25.7 Å². The van der Waals surface area contributed by atoms with Crippen molar-refractivity contribution >= 4 is 43.6 Å². The molecule has 0 unspecified atom stereocenters. The Morgan fingerprint density at radius 3 is 0.833 bits per heavy atom. The van der Waals surface area contributed by atoms with E-state index in [-0.39, 0.29) is 0 Å². The average molecular weight is 393 g/mol. The Hall–Kier alpha value is -3.00. The van der Waals surface area contributed by atoms with Crippen LogP contribution in [0.25, 0.3) is 43.6 Å². The lowest BCUT2D eigenvalue weighted by Gasteiger charge is -2.11. The van der Waals surface area contributed by atoms with Crippen molar-refractivity contribution in [1.29, 1.82) is 0 Å². The van der Waals surface area contributed by atoms with Crippen molar-refractivity contribution in [3.8, 4) is 0 Å². The molecule has 0 saturated heterocycles. The van der Waals surface area contributed by atoms with Crippen LogP contribution in [0, 0.1) is 0 Å². The number of hydrogen-bond acceptors (Lipinski definition) is 2. The fourth-order valence-electron chi connectivity index (χ4n) is 4.77. The highest BCUT2D eigenvalue weighted by Crippen LogP contribution is 2.29. The molecule has 0 N–H and O–H groups in total. The Kier molecular flexibility index (Phi) is 4.66. The second-order valence-electron chi connectivity index (χ2n) is 8.26. The van der Waals surface area contributed by atoms with Crippen LogP contribution >= 0.6 is 0 Å². The molecule has 0 amide bonds. The second kappa shape index (κ2) is 7.36. The highest BCUT2D eigenvalue weighted by molar-refractivity contribution is 6.01. The molecule has 150 valence electrons. The van der Waals surface area contributed by atoms with Gasteiger partial charge in [-0.2, -0.15) is 0 Å². The normalized spacial score (nSPS) is 11.9. The standard InChI is InChI=1S/C28H28N2/c1-5-17-9-21-13-25-26(14-22(21)10-18(17)6-2)30-28-16-24-12-20(8-4)19(7-3)11-23(24)15-27(28)29-25/h9-16H,5-8H2,1-4H3. The third-order valence-corrected chi connectivity index (χ3v) is 6.51. The van der Waals surface area contributed by atoms with Crippen LogP contribution in [0.2, 0.25) is 0 Å².